The Kier molecular flexibility index (Phi) is 5.59. The van der Waals surface area contributed by atoms with Gasteiger partial charge in [0.15, 0.2) is 0 Å². The number of rotatable bonds is 4. The van der Waals surface area contributed by atoms with Gasteiger partial charge in [-0.15, -0.1) is 0 Å². The Balaban J connectivity index is 1.55. The molecule has 1 amide bonds. The van der Waals surface area contributed by atoms with E-state index in [2.05, 4.69) is 28.7 Å². The summed E-state index contributed by atoms with van der Waals surface area (Å²) in [6.45, 7) is 2.52. The van der Waals surface area contributed by atoms with Gasteiger partial charge < -0.3 is 9.64 Å². The van der Waals surface area contributed by atoms with Crippen LogP contribution in [0.3, 0.4) is 0 Å². The SMILES string of the molecule is Cc1c(N2CC3C(OC(=O)c4ccccc4)CCC3C2=O)ccc(C#N)c1CI. The average molecular weight is 500 g/mol. The van der Waals surface area contributed by atoms with Crippen LogP contribution in [0, 0.1) is 30.1 Å². The molecule has 2 aliphatic rings. The minimum absolute atomic E-state index is 0.00765. The minimum Gasteiger partial charge on any atom is -0.458 e. The topological polar surface area (TPSA) is 70.4 Å². The standard InChI is InChI=1S/C23H21IN2O3/c1-14-18(11-24)16(12-25)7-9-20(14)26-13-19-17(22(26)27)8-10-21(19)29-23(28)15-5-3-2-4-6-15/h2-7,9,17,19,21H,8,10-11,13H2,1H3. The Morgan fingerprint density at radius 2 is 2.00 bits per heavy atom. The second-order valence-corrected chi connectivity index (χ2v) is 8.35. The number of halogens is 1. The maximum Gasteiger partial charge on any atom is 0.338 e. The summed E-state index contributed by atoms with van der Waals surface area (Å²) in [5.74, 6) is -0.334. The molecule has 3 unspecified atom stereocenters. The van der Waals surface area contributed by atoms with Gasteiger partial charge >= 0.3 is 5.97 Å². The van der Waals surface area contributed by atoms with Gasteiger partial charge in [-0.1, -0.05) is 40.8 Å². The van der Waals surface area contributed by atoms with Gasteiger partial charge in [0.05, 0.1) is 17.2 Å². The fourth-order valence-corrected chi connectivity index (χ4v) is 5.52. The smallest absolute Gasteiger partial charge is 0.338 e. The van der Waals surface area contributed by atoms with Crippen LogP contribution in [-0.4, -0.2) is 24.5 Å². The maximum absolute atomic E-state index is 13.1. The summed E-state index contributed by atoms with van der Waals surface area (Å²) in [7, 11) is 0. The van der Waals surface area contributed by atoms with E-state index in [0.717, 1.165) is 29.7 Å². The number of carbonyl (C=O) groups is 2. The van der Waals surface area contributed by atoms with Crippen molar-refractivity contribution in [1.29, 1.82) is 5.26 Å². The summed E-state index contributed by atoms with van der Waals surface area (Å²) in [5, 5.41) is 9.34. The molecule has 0 radical (unpaired) electrons. The highest BCUT2D eigenvalue weighted by atomic mass is 127. The molecule has 2 aromatic rings. The first-order valence-electron chi connectivity index (χ1n) is 9.71. The molecule has 0 spiro atoms. The lowest BCUT2D eigenvalue weighted by atomic mass is 9.99. The monoisotopic (exact) mass is 500 g/mol. The van der Waals surface area contributed by atoms with E-state index in [9.17, 15) is 14.9 Å². The predicted molar refractivity (Wildman–Crippen MR) is 118 cm³/mol. The number of ether oxygens (including phenoxy) is 1. The molecular formula is C23H21IN2O3. The van der Waals surface area contributed by atoms with Crippen molar-refractivity contribution in [2.75, 3.05) is 11.4 Å². The summed E-state index contributed by atoms with van der Waals surface area (Å²) in [6.07, 6.45) is 1.21. The van der Waals surface area contributed by atoms with Crippen LogP contribution in [0.5, 0.6) is 0 Å². The van der Waals surface area contributed by atoms with Gasteiger partial charge in [0.1, 0.15) is 6.10 Å². The van der Waals surface area contributed by atoms with Crippen molar-refractivity contribution in [3.05, 3.63) is 64.7 Å². The highest BCUT2D eigenvalue weighted by molar-refractivity contribution is 14.1. The Bertz CT molecular complexity index is 999. The van der Waals surface area contributed by atoms with E-state index in [1.165, 1.54) is 0 Å². The molecule has 2 aromatic carbocycles. The Labute approximate surface area is 183 Å². The zero-order valence-electron chi connectivity index (χ0n) is 16.1. The van der Waals surface area contributed by atoms with E-state index in [1.54, 1.807) is 18.2 Å². The highest BCUT2D eigenvalue weighted by Gasteiger charge is 2.50. The molecule has 1 aliphatic heterocycles. The number of anilines is 1. The van der Waals surface area contributed by atoms with E-state index in [0.29, 0.717) is 22.1 Å². The molecule has 0 N–H and O–H groups in total. The number of fused-ring (bicyclic) bond motifs is 1. The number of nitriles is 1. The summed E-state index contributed by atoms with van der Waals surface area (Å²) >= 11 is 2.25. The first-order chi connectivity index (χ1) is 14.0. The van der Waals surface area contributed by atoms with Crippen LogP contribution >= 0.6 is 22.6 Å². The van der Waals surface area contributed by atoms with Crippen molar-refractivity contribution in [2.45, 2.75) is 30.3 Å². The van der Waals surface area contributed by atoms with Crippen LogP contribution in [-0.2, 0) is 14.0 Å². The van der Waals surface area contributed by atoms with E-state index in [-0.39, 0.29) is 29.8 Å². The first-order valence-corrected chi connectivity index (χ1v) is 11.2. The average Bonchev–Trinajstić information content (AvgIpc) is 3.28. The molecule has 1 saturated heterocycles. The van der Waals surface area contributed by atoms with Crippen LogP contribution in [0.1, 0.15) is 39.9 Å². The zero-order valence-corrected chi connectivity index (χ0v) is 18.3. The maximum atomic E-state index is 13.1. The molecule has 1 saturated carbocycles. The Hall–Kier alpha value is -2.40. The predicted octanol–water partition coefficient (Wildman–Crippen LogP) is 4.40. The molecule has 3 atom stereocenters. The van der Waals surface area contributed by atoms with Gasteiger partial charge in [0, 0.05) is 28.5 Å². The third kappa shape index (κ3) is 3.52. The largest absolute Gasteiger partial charge is 0.458 e. The molecule has 0 aromatic heterocycles. The van der Waals surface area contributed by atoms with Gasteiger partial charge in [0.2, 0.25) is 5.91 Å². The van der Waals surface area contributed by atoms with Crippen LogP contribution < -0.4 is 4.90 Å². The minimum atomic E-state index is -0.330. The molecule has 1 aliphatic carbocycles. The number of esters is 1. The van der Waals surface area contributed by atoms with Gasteiger partial charge in [-0.3, -0.25) is 4.79 Å². The van der Waals surface area contributed by atoms with Crippen molar-refractivity contribution in [1.82, 2.24) is 0 Å². The van der Waals surface area contributed by atoms with Crippen molar-refractivity contribution in [2.24, 2.45) is 11.8 Å². The van der Waals surface area contributed by atoms with E-state index in [1.807, 2.05) is 36.1 Å². The Morgan fingerprint density at radius 1 is 1.24 bits per heavy atom. The summed E-state index contributed by atoms with van der Waals surface area (Å²) in [6, 6.07) is 14.9. The number of amides is 1. The molecule has 0 bridgehead atoms. The number of nitrogens with zero attached hydrogens (tertiary/aromatic N) is 2. The number of alkyl halides is 1. The molecule has 2 fully saturated rings. The second-order valence-electron chi connectivity index (χ2n) is 7.59. The number of benzene rings is 2. The third-order valence-electron chi connectivity index (χ3n) is 6.12. The van der Waals surface area contributed by atoms with Gasteiger partial charge in [-0.05, 0) is 55.2 Å². The highest BCUT2D eigenvalue weighted by Crippen LogP contribution is 2.43. The lowest BCUT2D eigenvalue weighted by molar-refractivity contribution is -0.120. The molecule has 29 heavy (non-hydrogen) atoms. The molecule has 4 rings (SSSR count). The lowest BCUT2D eigenvalue weighted by Gasteiger charge is -2.24. The fourth-order valence-electron chi connectivity index (χ4n) is 4.54. The first kappa shape index (κ1) is 19.9. The zero-order chi connectivity index (χ0) is 20.5. The second kappa shape index (κ2) is 8.15. The number of hydrogen-bond acceptors (Lipinski definition) is 4. The summed E-state index contributed by atoms with van der Waals surface area (Å²) in [4.78, 5) is 27.4. The van der Waals surface area contributed by atoms with Gasteiger partial charge in [0.25, 0.3) is 0 Å². The normalized spacial score (nSPS) is 23.0. The summed E-state index contributed by atoms with van der Waals surface area (Å²) in [5.41, 5.74) is 4.00. The van der Waals surface area contributed by atoms with E-state index < -0.39 is 0 Å². The third-order valence-corrected chi connectivity index (χ3v) is 6.88. The molecule has 6 heteroatoms. The summed E-state index contributed by atoms with van der Waals surface area (Å²) < 4.78 is 6.51. The van der Waals surface area contributed by atoms with Crippen molar-refractivity contribution in [3.63, 3.8) is 0 Å². The van der Waals surface area contributed by atoms with Crippen molar-refractivity contribution in [3.8, 4) is 6.07 Å². The number of hydrogen-bond donors (Lipinski definition) is 0. The molecule has 1 heterocycles. The number of carbonyl (C=O) groups excluding carboxylic acids is 2. The van der Waals surface area contributed by atoms with Gasteiger partial charge in [-0.25, -0.2) is 4.79 Å². The van der Waals surface area contributed by atoms with Crippen molar-refractivity contribution < 1.29 is 14.3 Å². The van der Waals surface area contributed by atoms with Crippen LogP contribution in [0.2, 0.25) is 0 Å². The van der Waals surface area contributed by atoms with Crippen LogP contribution in [0.25, 0.3) is 0 Å². The molecular weight excluding hydrogens is 479 g/mol. The van der Waals surface area contributed by atoms with Crippen LogP contribution in [0.4, 0.5) is 5.69 Å². The fraction of sp³-hybridized carbons (Fsp3) is 0.348. The lowest BCUT2D eigenvalue weighted by Crippen LogP contribution is -2.30. The van der Waals surface area contributed by atoms with E-state index in [4.69, 9.17) is 4.74 Å². The Morgan fingerprint density at radius 3 is 2.69 bits per heavy atom. The van der Waals surface area contributed by atoms with Crippen molar-refractivity contribution >= 4 is 40.2 Å². The quantitative estimate of drug-likeness (QED) is 0.355. The molecule has 148 valence electrons. The van der Waals surface area contributed by atoms with E-state index >= 15 is 0 Å². The van der Waals surface area contributed by atoms with Gasteiger partial charge in [-0.2, -0.15) is 5.26 Å². The molecule has 5 nitrogen and oxygen atoms in total. The van der Waals surface area contributed by atoms with Crippen LogP contribution in [0.15, 0.2) is 42.5 Å².